The average molecular weight is 186 g/mol. The van der Waals surface area contributed by atoms with Crippen molar-refractivity contribution in [2.45, 2.75) is 19.4 Å². The van der Waals surface area contributed by atoms with Crippen LogP contribution in [0.2, 0.25) is 0 Å². The highest BCUT2D eigenvalue weighted by atomic mass is 16.3. The Morgan fingerprint density at radius 3 is 3.00 bits per heavy atom. The molecule has 5 nitrogen and oxygen atoms in total. The van der Waals surface area contributed by atoms with E-state index in [9.17, 15) is 9.59 Å². The third-order valence-corrected chi connectivity index (χ3v) is 2.01. The number of hydrogen-bond donors (Lipinski definition) is 3. The zero-order valence-electron chi connectivity index (χ0n) is 7.54. The van der Waals surface area contributed by atoms with Crippen molar-refractivity contribution in [3.8, 4) is 0 Å². The van der Waals surface area contributed by atoms with Crippen molar-refractivity contribution in [1.29, 1.82) is 0 Å². The molecule has 2 unspecified atom stereocenters. The summed E-state index contributed by atoms with van der Waals surface area (Å²) in [6.07, 6.45) is 0.254. The molecule has 13 heavy (non-hydrogen) atoms. The largest absolute Gasteiger partial charge is 0.394 e. The van der Waals surface area contributed by atoms with Gasteiger partial charge in [0.25, 0.3) is 0 Å². The molecule has 0 aliphatic carbocycles. The highest BCUT2D eigenvalue weighted by Gasteiger charge is 2.28. The highest BCUT2D eigenvalue weighted by molar-refractivity contribution is 5.89. The number of aliphatic hydroxyl groups excluding tert-OH is 1. The zero-order chi connectivity index (χ0) is 9.84. The van der Waals surface area contributed by atoms with Crippen LogP contribution >= 0.6 is 0 Å². The Bertz CT molecular complexity index is 217. The lowest BCUT2D eigenvalue weighted by Crippen LogP contribution is -2.39. The minimum absolute atomic E-state index is 0.0835. The molecule has 0 bridgehead atoms. The van der Waals surface area contributed by atoms with Gasteiger partial charge < -0.3 is 15.7 Å². The first kappa shape index (κ1) is 9.98. The molecule has 1 aliphatic heterocycles. The van der Waals surface area contributed by atoms with E-state index in [2.05, 4.69) is 10.6 Å². The molecule has 2 atom stereocenters. The minimum atomic E-state index is -0.276. The van der Waals surface area contributed by atoms with Crippen molar-refractivity contribution in [1.82, 2.24) is 10.6 Å². The molecule has 1 aliphatic rings. The molecule has 0 saturated carbocycles. The summed E-state index contributed by atoms with van der Waals surface area (Å²) < 4.78 is 0. The van der Waals surface area contributed by atoms with Gasteiger partial charge in [0.15, 0.2) is 0 Å². The van der Waals surface area contributed by atoms with Crippen molar-refractivity contribution < 1.29 is 14.7 Å². The maximum absolute atomic E-state index is 11.3. The predicted octanol–water partition coefficient (Wildman–Crippen LogP) is -1.38. The highest BCUT2D eigenvalue weighted by Crippen LogP contribution is 2.08. The molecule has 1 rings (SSSR count). The summed E-state index contributed by atoms with van der Waals surface area (Å²) >= 11 is 0. The Morgan fingerprint density at radius 1 is 1.85 bits per heavy atom. The van der Waals surface area contributed by atoms with Gasteiger partial charge in [-0.15, -0.1) is 0 Å². The molecule has 5 heteroatoms. The number of nitrogens with one attached hydrogen (secondary N) is 2. The van der Waals surface area contributed by atoms with Crippen LogP contribution < -0.4 is 10.6 Å². The number of aliphatic hydroxyl groups is 1. The quantitative estimate of drug-likeness (QED) is 0.508. The molecule has 74 valence electrons. The second-order valence-corrected chi connectivity index (χ2v) is 3.30. The first-order valence-electron chi connectivity index (χ1n) is 4.31. The molecule has 2 amide bonds. The molecule has 0 radical (unpaired) electrons. The van der Waals surface area contributed by atoms with Gasteiger partial charge >= 0.3 is 0 Å². The van der Waals surface area contributed by atoms with Crippen LogP contribution in [0.25, 0.3) is 0 Å². The first-order valence-corrected chi connectivity index (χ1v) is 4.31. The minimum Gasteiger partial charge on any atom is -0.394 e. The average Bonchev–Trinajstić information content (AvgIpc) is 2.51. The third-order valence-electron chi connectivity index (χ3n) is 2.01. The Kier molecular flexibility index (Phi) is 3.25. The fraction of sp³-hybridized carbons (Fsp3) is 0.750. The summed E-state index contributed by atoms with van der Waals surface area (Å²) in [5.74, 6) is -0.529. The smallest absolute Gasteiger partial charge is 0.225 e. The van der Waals surface area contributed by atoms with Crippen molar-refractivity contribution in [3.63, 3.8) is 0 Å². The lowest BCUT2D eigenvalue weighted by molar-refractivity contribution is -0.127. The maximum Gasteiger partial charge on any atom is 0.225 e. The van der Waals surface area contributed by atoms with Gasteiger partial charge in [-0.2, -0.15) is 0 Å². The molecular weight excluding hydrogens is 172 g/mol. The van der Waals surface area contributed by atoms with E-state index in [0.29, 0.717) is 6.54 Å². The Morgan fingerprint density at radius 2 is 2.54 bits per heavy atom. The lowest BCUT2D eigenvalue weighted by Gasteiger charge is -2.13. The Labute approximate surface area is 76.5 Å². The van der Waals surface area contributed by atoms with Gasteiger partial charge in [0.2, 0.25) is 11.8 Å². The van der Waals surface area contributed by atoms with E-state index in [1.165, 1.54) is 0 Å². The summed E-state index contributed by atoms with van der Waals surface area (Å²) in [7, 11) is 0. The van der Waals surface area contributed by atoms with Gasteiger partial charge in [-0.3, -0.25) is 9.59 Å². The van der Waals surface area contributed by atoms with Crippen molar-refractivity contribution >= 4 is 11.8 Å². The molecule has 0 aromatic heterocycles. The van der Waals surface area contributed by atoms with Crippen LogP contribution in [0.15, 0.2) is 0 Å². The van der Waals surface area contributed by atoms with Crippen LogP contribution in [-0.4, -0.2) is 36.1 Å². The number of carbonyl (C=O) groups is 2. The fourth-order valence-electron chi connectivity index (χ4n) is 1.20. The van der Waals surface area contributed by atoms with Gasteiger partial charge in [0.1, 0.15) is 0 Å². The van der Waals surface area contributed by atoms with Gasteiger partial charge in [-0.1, -0.05) is 0 Å². The topological polar surface area (TPSA) is 78.4 Å². The summed E-state index contributed by atoms with van der Waals surface area (Å²) in [5, 5.41) is 13.9. The van der Waals surface area contributed by atoms with Crippen LogP contribution in [0, 0.1) is 5.92 Å². The van der Waals surface area contributed by atoms with Gasteiger partial charge in [-0.05, 0) is 6.92 Å². The van der Waals surface area contributed by atoms with Crippen LogP contribution in [0.4, 0.5) is 0 Å². The molecule has 1 saturated heterocycles. The molecular formula is C8H14N2O3. The van der Waals surface area contributed by atoms with E-state index in [1.807, 2.05) is 0 Å². The van der Waals surface area contributed by atoms with E-state index in [-0.39, 0.29) is 36.8 Å². The molecule has 0 aromatic carbocycles. The summed E-state index contributed by atoms with van der Waals surface area (Å²) in [6, 6.07) is -0.247. The summed E-state index contributed by atoms with van der Waals surface area (Å²) in [6.45, 7) is 2.03. The summed E-state index contributed by atoms with van der Waals surface area (Å²) in [5.41, 5.74) is 0. The maximum atomic E-state index is 11.3. The molecule has 1 heterocycles. The lowest BCUT2D eigenvalue weighted by atomic mass is 10.1. The number of rotatable bonds is 3. The Balaban J connectivity index is 2.35. The van der Waals surface area contributed by atoms with E-state index >= 15 is 0 Å². The van der Waals surface area contributed by atoms with Crippen molar-refractivity contribution in [2.75, 3.05) is 13.2 Å². The molecule has 1 fully saturated rings. The van der Waals surface area contributed by atoms with E-state index in [4.69, 9.17) is 5.11 Å². The molecule has 0 aromatic rings. The zero-order valence-corrected chi connectivity index (χ0v) is 7.54. The first-order chi connectivity index (χ1) is 6.13. The molecule has 0 spiro atoms. The number of carbonyl (C=O) groups excluding carboxylic acids is 2. The van der Waals surface area contributed by atoms with Crippen molar-refractivity contribution in [2.24, 2.45) is 5.92 Å². The van der Waals surface area contributed by atoms with Gasteiger partial charge in [0.05, 0.1) is 12.5 Å². The third kappa shape index (κ3) is 2.69. The second-order valence-electron chi connectivity index (χ2n) is 3.30. The van der Waals surface area contributed by atoms with Gasteiger partial charge in [-0.25, -0.2) is 0 Å². The normalized spacial score (nSPS) is 23.8. The fourth-order valence-corrected chi connectivity index (χ4v) is 1.20. The summed E-state index contributed by atoms with van der Waals surface area (Å²) in [4.78, 5) is 22.1. The van der Waals surface area contributed by atoms with Crippen LogP contribution in [0.3, 0.4) is 0 Å². The predicted molar refractivity (Wildman–Crippen MR) is 45.8 cm³/mol. The van der Waals surface area contributed by atoms with Crippen LogP contribution in [-0.2, 0) is 9.59 Å². The number of hydrogen-bond acceptors (Lipinski definition) is 3. The van der Waals surface area contributed by atoms with E-state index in [0.717, 1.165) is 0 Å². The SMILES string of the molecule is CC(CO)NC(=O)C1CNC(=O)C1. The standard InChI is InChI=1S/C8H14N2O3/c1-5(4-11)10-8(13)6-2-7(12)9-3-6/h5-6,11H,2-4H2,1H3,(H,9,12)(H,10,13). The van der Waals surface area contributed by atoms with Crippen molar-refractivity contribution in [3.05, 3.63) is 0 Å². The second kappa shape index (κ2) is 4.23. The monoisotopic (exact) mass is 186 g/mol. The van der Waals surface area contributed by atoms with E-state index < -0.39 is 0 Å². The molecule has 3 N–H and O–H groups in total. The van der Waals surface area contributed by atoms with Crippen LogP contribution in [0.1, 0.15) is 13.3 Å². The number of amides is 2. The van der Waals surface area contributed by atoms with Gasteiger partial charge in [0, 0.05) is 19.0 Å². The Hall–Kier alpha value is -1.10. The van der Waals surface area contributed by atoms with Crippen LogP contribution in [0.5, 0.6) is 0 Å². The van der Waals surface area contributed by atoms with E-state index in [1.54, 1.807) is 6.92 Å².